The number of thioether (sulfide) groups is 1. The molecule has 1 heterocycles. The molecule has 2 rings (SSSR count). The van der Waals surface area contributed by atoms with Crippen LogP contribution in [0.15, 0.2) is 29.4 Å². The number of aliphatic hydroxyl groups excluding tert-OH is 1. The number of anilines is 2. The van der Waals surface area contributed by atoms with Crippen LogP contribution in [0.3, 0.4) is 0 Å². The molecule has 30 heavy (non-hydrogen) atoms. The molecule has 1 aromatic heterocycles. The molecule has 0 amide bonds. The van der Waals surface area contributed by atoms with Gasteiger partial charge in [-0.1, -0.05) is 37.7 Å². The van der Waals surface area contributed by atoms with Crippen LogP contribution in [-0.4, -0.2) is 60.2 Å². The Bertz CT molecular complexity index is 908. The summed E-state index contributed by atoms with van der Waals surface area (Å²) in [5, 5.41) is 13.1. The largest absolute Gasteiger partial charge is 0.497 e. The molecule has 0 aliphatic rings. The first-order valence-electron chi connectivity index (χ1n) is 9.55. The van der Waals surface area contributed by atoms with Gasteiger partial charge in [-0.15, -0.1) is 0 Å². The second-order valence-electron chi connectivity index (χ2n) is 7.24. The summed E-state index contributed by atoms with van der Waals surface area (Å²) in [6.45, 7) is 4.02. The Morgan fingerprint density at radius 3 is 2.37 bits per heavy atom. The number of hydrogen-bond donors (Lipinski definition) is 3. The molecular formula is C19H29N5O4S2. The monoisotopic (exact) mass is 455 g/mol. The molecule has 3 N–H and O–H groups in total. The molecule has 0 spiro atoms. The van der Waals surface area contributed by atoms with Crippen LogP contribution >= 0.6 is 11.8 Å². The summed E-state index contributed by atoms with van der Waals surface area (Å²) in [4.78, 5) is 12.7. The highest BCUT2D eigenvalue weighted by molar-refractivity contribution is 7.99. The van der Waals surface area contributed by atoms with Gasteiger partial charge in [-0.05, 0) is 36.5 Å². The van der Waals surface area contributed by atoms with Crippen LogP contribution in [0.2, 0.25) is 0 Å². The van der Waals surface area contributed by atoms with Crippen molar-refractivity contribution in [1.82, 2.24) is 15.0 Å². The van der Waals surface area contributed by atoms with Gasteiger partial charge < -0.3 is 15.2 Å². The summed E-state index contributed by atoms with van der Waals surface area (Å²) >= 11 is 1.40. The third-order valence-corrected chi connectivity index (χ3v) is 5.38. The highest BCUT2D eigenvalue weighted by atomic mass is 32.2. The van der Waals surface area contributed by atoms with Crippen molar-refractivity contribution < 1.29 is 18.3 Å². The van der Waals surface area contributed by atoms with Gasteiger partial charge in [0.25, 0.3) is 0 Å². The molecule has 0 radical (unpaired) electrons. The molecule has 0 saturated carbocycles. The molecule has 0 fully saturated rings. The molecule has 2 aromatic rings. The first-order chi connectivity index (χ1) is 14.2. The quantitative estimate of drug-likeness (QED) is 0.413. The molecule has 0 bridgehead atoms. The van der Waals surface area contributed by atoms with Crippen LogP contribution < -0.4 is 14.8 Å². The summed E-state index contributed by atoms with van der Waals surface area (Å²) < 4.78 is 30.7. The van der Waals surface area contributed by atoms with Crippen molar-refractivity contribution in [3.63, 3.8) is 0 Å². The van der Waals surface area contributed by atoms with E-state index in [0.29, 0.717) is 16.8 Å². The third kappa shape index (κ3) is 8.72. The zero-order chi connectivity index (χ0) is 22.1. The van der Waals surface area contributed by atoms with E-state index in [4.69, 9.17) is 4.74 Å². The molecule has 11 heteroatoms. The second-order valence-corrected chi connectivity index (χ2v) is 10.0. The number of methoxy groups -OCH3 is 1. The Kier molecular flexibility index (Phi) is 9.12. The van der Waals surface area contributed by atoms with Gasteiger partial charge in [0, 0.05) is 5.75 Å². The van der Waals surface area contributed by atoms with Gasteiger partial charge in [-0.3, -0.25) is 4.72 Å². The first kappa shape index (κ1) is 24.2. The lowest BCUT2D eigenvalue weighted by Gasteiger charge is -2.18. The smallest absolute Gasteiger partial charge is 0.242 e. The SMILES string of the molecule is COc1ccc(CCSc2nc(N[C@@H](CO)CC(C)C)nc(NS(C)(=O)=O)n2)cc1. The Labute approximate surface area is 182 Å². The van der Waals surface area contributed by atoms with Crippen molar-refractivity contribution in [1.29, 1.82) is 0 Å². The number of nitrogens with zero attached hydrogens (tertiary/aromatic N) is 3. The van der Waals surface area contributed by atoms with E-state index in [9.17, 15) is 13.5 Å². The van der Waals surface area contributed by atoms with Gasteiger partial charge in [0.15, 0.2) is 5.16 Å². The number of sulfonamides is 1. The Balaban J connectivity index is 2.12. The van der Waals surface area contributed by atoms with Crippen LogP contribution in [-0.2, 0) is 16.4 Å². The van der Waals surface area contributed by atoms with Gasteiger partial charge >= 0.3 is 0 Å². The number of aromatic nitrogens is 3. The van der Waals surface area contributed by atoms with Gasteiger partial charge in [-0.25, -0.2) is 8.42 Å². The molecule has 166 valence electrons. The summed E-state index contributed by atoms with van der Waals surface area (Å²) in [5.41, 5.74) is 1.14. The zero-order valence-electron chi connectivity index (χ0n) is 17.6. The molecule has 0 unspecified atom stereocenters. The number of nitrogens with one attached hydrogen (secondary N) is 2. The van der Waals surface area contributed by atoms with E-state index in [1.165, 1.54) is 11.8 Å². The maximum absolute atomic E-state index is 11.6. The summed E-state index contributed by atoms with van der Waals surface area (Å²) in [6.07, 6.45) is 2.54. The van der Waals surface area contributed by atoms with Crippen LogP contribution in [0.1, 0.15) is 25.8 Å². The molecule has 1 atom stereocenters. The number of aliphatic hydroxyl groups is 1. The van der Waals surface area contributed by atoms with E-state index in [1.807, 2.05) is 24.3 Å². The second kappa shape index (κ2) is 11.3. The van der Waals surface area contributed by atoms with Crippen LogP contribution in [0, 0.1) is 5.92 Å². The summed E-state index contributed by atoms with van der Waals surface area (Å²) in [6, 6.07) is 7.56. The third-order valence-electron chi connectivity index (χ3n) is 3.98. The van der Waals surface area contributed by atoms with Crippen LogP contribution in [0.5, 0.6) is 5.75 Å². The van der Waals surface area contributed by atoms with E-state index in [2.05, 4.69) is 38.8 Å². The van der Waals surface area contributed by atoms with Gasteiger partial charge in [-0.2, -0.15) is 15.0 Å². The lowest BCUT2D eigenvalue weighted by atomic mass is 10.0. The molecule has 0 saturated heterocycles. The number of rotatable bonds is 12. The number of hydrogen-bond acceptors (Lipinski definition) is 9. The predicted molar refractivity (Wildman–Crippen MR) is 120 cm³/mol. The maximum Gasteiger partial charge on any atom is 0.242 e. The number of benzene rings is 1. The van der Waals surface area contributed by atoms with Crippen molar-refractivity contribution in [2.24, 2.45) is 5.92 Å². The van der Waals surface area contributed by atoms with Crippen LogP contribution in [0.4, 0.5) is 11.9 Å². The fourth-order valence-corrected chi connectivity index (χ4v) is 3.93. The van der Waals surface area contributed by atoms with E-state index in [-0.39, 0.29) is 24.5 Å². The minimum Gasteiger partial charge on any atom is -0.497 e. The topological polar surface area (TPSA) is 126 Å². The van der Waals surface area contributed by atoms with Crippen molar-refractivity contribution in [3.05, 3.63) is 29.8 Å². The van der Waals surface area contributed by atoms with E-state index in [0.717, 1.165) is 30.4 Å². The standard InChI is InChI=1S/C19H29N5O4S2/c1-13(2)11-15(12-25)20-17-21-18(24-30(4,26)27)23-19(22-17)29-10-9-14-5-7-16(28-3)8-6-14/h5-8,13,15,25H,9-12H2,1-4H3,(H2,20,21,22,23,24)/t15-/m1/s1. The van der Waals surface area contributed by atoms with Gasteiger partial charge in [0.1, 0.15) is 5.75 Å². The fourth-order valence-electron chi connectivity index (χ4n) is 2.68. The Morgan fingerprint density at radius 2 is 1.80 bits per heavy atom. The number of aryl methyl sites for hydroxylation is 1. The lowest BCUT2D eigenvalue weighted by Crippen LogP contribution is -2.27. The molecule has 9 nitrogen and oxygen atoms in total. The Morgan fingerprint density at radius 1 is 1.13 bits per heavy atom. The minimum atomic E-state index is -3.53. The normalized spacial score (nSPS) is 12.6. The van der Waals surface area contributed by atoms with Crippen molar-refractivity contribution >= 4 is 33.7 Å². The van der Waals surface area contributed by atoms with E-state index >= 15 is 0 Å². The number of ether oxygens (including phenoxy) is 1. The zero-order valence-corrected chi connectivity index (χ0v) is 19.3. The average molecular weight is 456 g/mol. The van der Waals surface area contributed by atoms with E-state index < -0.39 is 10.0 Å². The van der Waals surface area contributed by atoms with E-state index in [1.54, 1.807) is 7.11 Å². The van der Waals surface area contributed by atoms with Crippen molar-refractivity contribution in [3.8, 4) is 5.75 Å². The van der Waals surface area contributed by atoms with Gasteiger partial charge in [0.05, 0.1) is 26.0 Å². The highest BCUT2D eigenvalue weighted by Gasteiger charge is 2.15. The lowest BCUT2D eigenvalue weighted by molar-refractivity contribution is 0.259. The summed E-state index contributed by atoms with van der Waals surface area (Å²) in [7, 11) is -1.91. The first-order valence-corrected chi connectivity index (χ1v) is 12.4. The maximum atomic E-state index is 11.6. The van der Waals surface area contributed by atoms with Gasteiger partial charge in [0.2, 0.25) is 21.9 Å². The minimum absolute atomic E-state index is 0.0526. The highest BCUT2D eigenvalue weighted by Crippen LogP contribution is 2.20. The molecule has 0 aliphatic carbocycles. The fraction of sp³-hybridized carbons (Fsp3) is 0.526. The molecule has 0 aliphatic heterocycles. The average Bonchev–Trinajstić information content (AvgIpc) is 2.66. The molecule has 1 aromatic carbocycles. The molecular weight excluding hydrogens is 426 g/mol. The summed E-state index contributed by atoms with van der Waals surface area (Å²) in [5.74, 6) is 2.04. The van der Waals surface area contributed by atoms with Crippen molar-refractivity contribution in [2.45, 2.75) is 37.9 Å². The Hall–Kier alpha value is -2.11. The predicted octanol–water partition coefficient (Wildman–Crippen LogP) is 2.41. The van der Waals surface area contributed by atoms with Crippen molar-refractivity contribution in [2.75, 3.05) is 35.8 Å². The van der Waals surface area contributed by atoms with Crippen LogP contribution in [0.25, 0.3) is 0 Å².